The molecule has 7 nitrogen and oxygen atoms in total. The average molecular weight is 499 g/mol. The lowest BCUT2D eigenvalue weighted by molar-refractivity contribution is -0.119. The highest BCUT2D eigenvalue weighted by atomic mass is 32.2. The fraction of sp³-hybridized carbons (Fsp3) is 0.200. The van der Waals surface area contributed by atoms with Crippen LogP contribution in [0.2, 0.25) is 0 Å². The number of sulfonamides is 1. The molecule has 0 fully saturated rings. The number of rotatable bonds is 8. The second-order valence-corrected chi connectivity index (χ2v) is 10.9. The Labute approximate surface area is 204 Å². The number of aryl methyl sites for hydroxylation is 2. The first-order valence-electron chi connectivity index (χ1n) is 10.4. The summed E-state index contributed by atoms with van der Waals surface area (Å²) in [7, 11) is -2.22. The van der Waals surface area contributed by atoms with E-state index in [2.05, 4.69) is 37.4 Å². The van der Waals surface area contributed by atoms with E-state index in [0.717, 1.165) is 20.4 Å². The second-order valence-electron chi connectivity index (χ2n) is 7.74. The van der Waals surface area contributed by atoms with E-state index in [9.17, 15) is 18.0 Å². The van der Waals surface area contributed by atoms with Crippen molar-refractivity contribution in [2.24, 2.45) is 0 Å². The molecule has 0 spiro atoms. The molecule has 178 valence electrons. The van der Waals surface area contributed by atoms with Gasteiger partial charge >= 0.3 is 5.97 Å². The summed E-state index contributed by atoms with van der Waals surface area (Å²) < 4.78 is 29.8. The third-order valence-corrected chi connectivity index (χ3v) is 7.34. The van der Waals surface area contributed by atoms with Gasteiger partial charge in [0.1, 0.15) is 0 Å². The molecule has 1 amide bonds. The van der Waals surface area contributed by atoms with Crippen molar-refractivity contribution in [3.8, 4) is 0 Å². The molecule has 34 heavy (non-hydrogen) atoms. The van der Waals surface area contributed by atoms with Crippen LogP contribution in [0.25, 0.3) is 0 Å². The van der Waals surface area contributed by atoms with Crippen molar-refractivity contribution in [3.05, 3.63) is 83.4 Å². The number of hydrogen-bond donors (Lipinski definition) is 1. The maximum Gasteiger partial charge on any atom is 0.340 e. The Bertz CT molecular complexity index is 1310. The molecule has 0 atom stereocenters. The number of esters is 1. The van der Waals surface area contributed by atoms with E-state index in [-0.39, 0.29) is 11.3 Å². The molecule has 9 heteroatoms. The number of nitrogens with one attached hydrogen (secondary N) is 1. The van der Waals surface area contributed by atoms with Crippen LogP contribution in [0.15, 0.2) is 76.5 Å². The molecule has 0 saturated heterocycles. The lowest BCUT2D eigenvalue weighted by Gasteiger charge is -2.19. The Morgan fingerprint density at radius 1 is 0.941 bits per heavy atom. The molecule has 3 aromatic carbocycles. The van der Waals surface area contributed by atoms with E-state index in [0.29, 0.717) is 5.69 Å². The molecular formula is C25H26N2O5S2. The maximum atomic E-state index is 12.5. The van der Waals surface area contributed by atoms with Crippen molar-refractivity contribution in [1.82, 2.24) is 0 Å². The zero-order chi connectivity index (χ0) is 24.9. The van der Waals surface area contributed by atoms with Gasteiger partial charge in [0.05, 0.1) is 17.5 Å². The summed E-state index contributed by atoms with van der Waals surface area (Å²) in [6, 6.07) is 19.8. The minimum Gasteiger partial charge on any atom is -0.452 e. The summed E-state index contributed by atoms with van der Waals surface area (Å²) in [6.45, 7) is 3.65. The predicted octanol–water partition coefficient (Wildman–Crippen LogP) is 4.65. The van der Waals surface area contributed by atoms with Crippen molar-refractivity contribution in [3.63, 3.8) is 0 Å². The summed E-state index contributed by atoms with van der Waals surface area (Å²) >= 11 is 1.63. The van der Waals surface area contributed by atoms with Crippen LogP contribution in [-0.2, 0) is 19.6 Å². The van der Waals surface area contributed by atoms with Crippen LogP contribution in [-0.4, -0.2) is 40.2 Å². The summed E-state index contributed by atoms with van der Waals surface area (Å²) in [5.41, 5.74) is 3.27. The zero-order valence-corrected chi connectivity index (χ0v) is 21.0. The van der Waals surface area contributed by atoms with Crippen molar-refractivity contribution < 1.29 is 22.7 Å². The highest BCUT2D eigenvalue weighted by molar-refractivity contribution is 7.99. The summed E-state index contributed by atoms with van der Waals surface area (Å²) in [5, 5.41) is 2.69. The number of ether oxygens (including phenoxy) is 1. The molecule has 0 bridgehead atoms. The number of carbonyl (C=O) groups excluding carboxylic acids is 2. The van der Waals surface area contributed by atoms with Gasteiger partial charge in [-0.3, -0.25) is 9.10 Å². The Balaban J connectivity index is 1.57. The van der Waals surface area contributed by atoms with E-state index in [1.54, 1.807) is 36.0 Å². The molecule has 0 radical (unpaired) electrons. The lowest BCUT2D eigenvalue weighted by Crippen LogP contribution is -2.27. The fourth-order valence-electron chi connectivity index (χ4n) is 3.03. The molecule has 1 N–H and O–H groups in total. The fourth-order valence-corrected chi connectivity index (χ4v) is 4.46. The van der Waals surface area contributed by atoms with Gasteiger partial charge in [0.25, 0.3) is 5.91 Å². The predicted molar refractivity (Wildman–Crippen MR) is 135 cm³/mol. The van der Waals surface area contributed by atoms with Gasteiger partial charge in [-0.05, 0) is 73.5 Å². The molecule has 0 aromatic heterocycles. The topological polar surface area (TPSA) is 92.8 Å². The molecule has 0 unspecified atom stereocenters. The number of para-hydroxylation sites is 1. The zero-order valence-electron chi connectivity index (χ0n) is 19.4. The third kappa shape index (κ3) is 6.61. The van der Waals surface area contributed by atoms with Crippen LogP contribution in [0.3, 0.4) is 0 Å². The molecule has 0 aliphatic carbocycles. The van der Waals surface area contributed by atoms with Crippen LogP contribution >= 0.6 is 11.8 Å². The summed E-state index contributed by atoms with van der Waals surface area (Å²) in [6.07, 6.45) is 1.04. The highest BCUT2D eigenvalue weighted by Crippen LogP contribution is 2.30. The molecule has 3 rings (SSSR count). The van der Waals surface area contributed by atoms with Gasteiger partial charge < -0.3 is 10.1 Å². The number of benzene rings is 3. The number of anilines is 2. The third-order valence-electron chi connectivity index (χ3n) is 5.15. The van der Waals surface area contributed by atoms with Crippen LogP contribution in [0, 0.1) is 13.8 Å². The highest BCUT2D eigenvalue weighted by Gasteiger charge is 2.21. The van der Waals surface area contributed by atoms with Crippen LogP contribution in [0.4, 0.5) is 11.4 Å². The van der Waals surface area contributed by atoms with Gasteiger partial charge in [0, 0.05) is 22.5 Å². The summed E-state index contributed by atoms with van der Waals surface area (Å²) in [4.78, 5) is 26.9. The Morgan fingerprint density at radius 3 is 2.24 bits per heavy atom. The molecule has 0 saturated carbocycles. The van der Waals surface area contributed by atoms with Crippen LogP contribution in [0.5, 0.6) is 0 Å². The second kappa shape index (κ2) is 10.8. The Morgan fingerprint density at radius 2 is 1.59 bits per heavy atom. The largest absolute Gasteiger partial charge is 0.452 e. The smallest absolute Gasteiger partial charge is 0.340 e. The SMILES string of the molecule is Cc1ccc(Sc2ccc(NC(=O)COC(=O)c3ccccc3N(C)S(C)(=O)=O)cc2)cc1C. The molecule has 0 heterocycles. The number of nitrogens with zero attached hydrogens (tertiary/aromatic N) is 1. The minimum atomic E-state index is -3.57. The summed E-state index contributed by atoms with van der Waals surface area (Å²) in [5.74, 6) is -1.29. The van der Waals surface area contributed by atoms with Gasteiger partial charge in [-0.2, -0.15) is 0 Å². The Hall–Kier alpha value is -3.30. The van der Waals surface area contributed by atoms with Crippen molar-refractivity contribution in [2.45, 2.75) is 23.6 Å². The molecule has 0 aliphatic rings. The van der Waals surface area contributed by atoms with E-state index < -0.39 is 28.5 Å². The van der Waals surface area contributed by atoms with Gasteiger partial charge in [0.15, 0.2) is 6.61 Å². The maximum absolute atomic E-state index is 12.5. The molecular weight excluding hydrogens is 472 g/mol. The van der Waals surface area contributed by atoms with Gasteiger partial charge in [-0.25, -0.2) is 13.2 Å². The number of amides is 1. The lowest BCUT2D eigenvalue weighted by atomic mass is 10.1. The minimum absolute atomic E-state index is 0.0518. The van der Waals surface area contributed by atoms with E-state index in [1.165, 1.54) is 30.3 Å². The van der Waals surface area contributed by atoms with Crippen molar-refractivity contribution in [2.75, 3.05) is 29.5 Å². The van der Waals surface area contributed by atoms with E-state index in [4.69, 9.17) is 4.74 Å². The quantitative estimate of drug-likeness (QED) is 0.455. The van der Waals surface area contributed by atoms with Gasteiger partial charge in [-0.15, -0.1) is 0 Å². The van der Waals surface area contributed by atoms with Gasteiger partial charge in [-0.1, -0.05) is 30.0 Å². The average Bonchev–Trinajstić information content (AvgIpc) is 2.80. The Kier molecular flexibility index (Phi) is 8.01. The molecule has 0 aliphatic heterocycles. The first-order valence-corrected chi connectivity index (χ1v) is 13.1. The number of carbonyl (C=O) groups is 2. The molecule has 3 aromatic rings. The van der Waals surface area contributed by atoms with Crippen molar-refractivity contribution >= 4 is 45.0 Å². The van der Waals surface area contributed by atoms with Crippen LogP contribution < -0.4 is 9.62 Å². The number of hydrogen-bond acceptors (Lipinski definition) is 6. The standard InChI is InChI=1S/C25H26N2O5S2/c1-17-9-12-21(15-18(17)2)33-20-13-10-19(11-14-20)26-24(28)16-32-25(29)22-7-5-6-8-23(22)27(3)34(4,30)31/h5-15H,16H2,1-4H3,(H,26,28). The first-order chi connectivity index (χ1) is 16.0. The van der Waals surface area contributed by atoms with Gasteiger partial charge in [0.2, 0.25) is 10.0 Å². The first kappa shape index (κ1) is 25.3. The normalized spacial score (nSPS) is 11.1. The van der Waals surface area contributed by atoms with E-state index in [1.807, 2.05) is 12.1 Å². The van der Waals surface area contributed by atoms with Crippen molar-refractivity contribution in [1.29, 1.82) is 0 Å². The monoisotopic (exact) mass is 498 g/mol. The van der Waals surface area contributed by atoms with E-state index >= 15 is 0 Å². The van der Waals surface area contributed by atoms with Crippen LogP contribution in [0.1, 0.15) is 21.5 Å².